The van der Waals surface area contributed by atoms with Crippen molar-refractivity contribution in [2.24, 2.45) is 5.92 Å². The van der Waals surface area contributed by atoms with E-state index in [2.05, 4.69) is 0 Å². The number of aldehydes is 1. The third-order valence-corrected chi connectivity index (χ3v) is 15.8. The number of methoxy groups -OCH3 is 2. The first-order valence-electron chi connectivity index (χ1n) is 26.6. The molecule has 0 radical (unpaired) electrons. The number of esters is 2. The largest absolute Gasteiger partial charge is 0.507 e. The van der Waals surface area contributed by atoms with Gasteiger partial charge < -0.3 is 102 Å². The average Bonchev–Trinajstić information content (AvgIpc) is 3.56. The number of rotatable bonds is 16. The van der Waals surface area contributed by atoms with Crippen molar-refractivity contribution in [2.45, 2.75) is 236 Å². The molecule has 8 rings (SSSR count). The number of carbonyl (C=O) groups is 4. The first kappa shape index (κ1) is 59.9. The fraction of sp³-hybridized carbons (Fsp3) is 0.741. The number of aromatic hydroxyl groups is 2. The summed E-state index contributed by atoms with van der Waals surface area (Å²) in [5.41, 5.74) is -1.20. The lowest BCUT2D eigenvalue weighted by molar-refractivity contribution is -0.334. The molecule has 0 bridgehead atoms. The van der Waals surface area contributed by atoms with Crippen LogP contribution in [0.25, 0.3) is 10.8 Å². The molecule has 78 heavy (non-hydrogen) atoms. The van der Waals surface area contributed by atoms with Crippen LogP contribution >= 0.6 is 0 Å². The summed E-state index contributed by atoms with van der Waals surface area (Å²) in [5.74, 6) is -3.67. The standard InChI is InChI=1S/C54H76O24/c1-21-33(74-40-18-36(51(25(5)70-40)72-27(7)56)77-38-15-32(58)50(66-11)24(4)69-38)14-30-12-29-13-31(37(20-55)65-10)52(49(63)44(29)48(62)43(30)45(21)59)78-41-17-34(46(60)23(3)68-41)75-39-16-35(47(61)22(2)67-39)76-42-19-54(9,64)53(26(6)71-42)73-28(8)57/h12,14,20,22-26,31-32,34-42,46-47,50-53,58-62,64H,13,15-19H2,1-11H3/t22-,23-,24-,25-,26+,31+,32-,34-,35-,36-,37-,38-,39+,40+,41+,42+,46-,47-,50+,51+,52+,53+,54+/m1/s1. The number of aliphatic hydroxyl groups is 4. The summed E-state index contributed by atoms with van der Waals surface area (Å²) in [6, 6.07) is 3.17. The Morgan fingerprint density at radius 2 is 1.24 bits per heavy atom. The molecule has 0 saturated carbocycles. The number of hydrogen-bond donors (Lipinski definition) is 6. The Kier molecular flexibility index (Phi) is 18.8. The molecule has 0 aromatic heterocycles. The van der Waals surface area contributed by atoms with E-state index in [1.807, 2.05) is 0 Å². The molecule has 5 saturated heterocycles. The lowest BCUT2D eigenvalue weighted by Crippen LogP contribution is -2.59. The van der Waals surface area contributed by atoms with Crippen LogP contribution in [0.2, 0.25) is 0 Å². The summed E-state index contributed by atoms with van der Waals surface area (Å²) in [4.78, 5) is 51.4. The maximum Gasteiger partial charge on any atom is 0.303 e. The van der Waals surface area contributed by atoms with Crippen molar-refractivity contribution in [1.29, 1.82) is 0 Å². The zero-order chi connectivity index (χ0) is 56.8. The minimum atomic E-state index is -1.52. The number of ether oxygens (including phenoxy) is 14. The maximum atomic E-state index is 14.8. The zero-order valence-electron chi connectivity index (χ0n) is 45.7. The average molecular weight is 1110 g/mol. The van der Waals surface area contributed by atoms with Crippen LogP contribution in [-0.2, 0) is 82.4 Å². The van der Waals surface area contributed by atoms with Gasteiger partial charge in [0.2, 0.25) is 6.29 Å². The molecule has 0 spiro atoms. The Morgan fingerprint density at radius 1 is 0.705 bits per heavy atom. The molecule has 5 aliphatic heterocycles. The van der Waals surface area contributed by atoms with Gasteiger partial charge in [0, 0.05) is 71.7 Å². The molecular formula is C54H76O24. The van der Waals surface area contributed by atoms with Gasteiger partial charge in [0.1, 0.15) is 65.8 Å². The number of benzene rings is 2. The fourth-order valence-corrected chi connectivity index (χ4v) is 11.9. The fourth-order valence-electron chi connectivity index (χ4n) is 11.9. The number of carbonyl (C=O) groups excluding carboxylic acids is 4. The van der Waals surface area contributed by atoms with Gasteiger partial charge in [0.15, 0.2) is 43.2 Å². The zero-order valence-corrected chi connectivity index (χ0v) is 45.7. The quantitative estimate of drug-likeness (QED) is 0.104. The van der Waals surface area contributed by atoms with E-state index >= 15 is 0 Å². The second-order valence-corrected chi connectivity index (χ2v) is 21.7. The Labute approximate surface area is 451 Å². The van der Waals surface area contributed by atoms with E-state index < -0.39 is 170 Å². The molecule has 24 heteroatoms. The van der Waals surface area contributed by atoms with Gasteiger partial charge in [-0.1, -0.05) is 0 Å². The predicted molar refractivity (Wildman–Crippen MR) is 266 cm³/mol. The molecule has 1 aliphatic carbocycles. The van der Waals surface area contributed by atoms with Gasteiger partial charge in [-0.2, -0.15) is 0 Å². The first-order chi connectivity index (χ1) is 36.8. The summed E-state index contributed by atoms with van der Waals surface area (Å²) in [5, 5.41) is 68.5. The number of hydrogen-bond acceptors (Lipinski definition) is 24. The normalized spacial score (nSPS) is 40.7. The highest BCUT2D eigenvalue weighted by Crippen LogP contribution is 2.47. The maximum absolute atomic E-state index is 14.8. The molecule has 23 atom stereocenters. The van der Waals surface area contributed by atoms with E-state index in [1.165, 1.54) is 35.0 Å². The van der Waals surface area contributed by atoms with E-state index in [0.717, 1.165) is 0 Å². The van der Waals surface area contributed by atoms with E-state index in [-0.39, 0.29) is 66.2 Å². The molecular weight excluding hydrogens is 1030 g/mol. The topological polar surface area (TPSA) is 319 Å². The van der Waals surface area contributed by atoms with Crippen LogP contribution in [0, 0.1) is 12.8 Å². The van der Waals surface area contributed by atoms with Crippen molar-refractivity contribution in [2.75, 3.05) is 14.2 Å². The predicted octanol–water partition coefficient (Wildman–Crippen LogP) is 2.43. The second-order valence-electron chi connectivity index (χ2n) is 21.7. The molecule has 2 aromatic carbocycles. The second kappa shape index (κ2) is 24.5. The SMILES string of the molecule is CO[C@@H]1[C@H](O)C[C@@H](O[C@@H]2C[C@H](Oc3cc4cc5c(c(O)c4c(O)c3C)C(=O)[C@@H](O[C@H]3C[C@@H](O[C@H]4C[C@@H](O[C@H]6C[C@](C)(O)[C@@H](OC(C)=O)[C@H](C)O6)[C@H](O)[C@@H](C)O4)[C@H](O)[C@@H](C)O3)[C@H]([C@@H](C=O)OC)C5)O[C@H](C)[C@@H]2OC(C)=O)O[C@@H]1C. The highest BCUT2D eigenvalue weighted by molar-refractivity contribution is 6.11. The number of fused-ring (bicyclic) bond motifs is 2. The first-order valence-corrected chi connectivity index (χ1v) is 26.6. The van der Waals surface area contributed by atoms with Crippen molar-refractivity contribution in [1.82, 2.24) is 0 Å². The van der Waals surface area contributed by atoms with Crippen molar-refractivity contribution >= 4 is 34.8 Å². The molecule has 0 unspecified atom stereocenters. The van der Waals surface area contributed by atoms with Gasteiger partial charge >= 0.3 is 11.9 Å². The number of phenols is 2. The summed E-state index contributed by atoms with van der Waals surface area (Å²) in [7, 11) is 2.78. The third kappa shape index (κ3) is 12.6. The smallest absolute Gasteiger partial charge is 0.303 e. The number of Topliss-reactive ketones (excluding diaryl/α,β-unsaturated/α-hetero) is 1. The molecule has 0 amide bonds. The van der Waals surface area contributed by atoms with Crippen LogP contribution in [0.15, 0.2) is 12.1 Å². The molecule has 436 valence electrons. The summed E-state index contributed by atoms with van der Waals surface area (Å²) in [6.45, 7) is 13.8. The van der Waals surface area contributed by atoms with Gasteiger partial charge in [-0.25, -0.2) is 0 Å². The Hall–Kier alpha value is -4.22. The Bertz CT molecular complexity index is 2460. The van der Waals surface area contributed by atoms with Crippen LogP contribution < -0.4 is 4.74 Å². The van der Waals surface area contributed by atoms with Crippen molar-refractivity contribution in [3.05, 3.63) is 28.8 Å². The monoisotopic (exact) mass is 1110 g/mol. The molecule has 6 aliphatic rings. The summed E-state index contributed by atoms with van der Waals surface area (Å²) >= 11 is 0. The molecule has 5 fully saturated rings. The molecule has 24 nitrogen and oxygen atoms in total. The van der Waals surface area contributed by atoms with Crippen molar-refractivity contribution < 1.29 is 116 Å². The van der Waals surface area contributed by atoms with Crippen LogP contribution in [-0.4, -0.2) is 204 Å². The molecule has 2 aromatic rings. The highest BCUT2D eigenvalue weighted by Gasteiger charge is 2.51. The van der Waals surface area contributed by atoms with Gasteiger partial charge in [0.25, 0.3) is 0 Å². The molecule has 6 N–H and O–H groups in total. The number of phenolic OH excluding ortho intramolecular Hbond substituents is 2. The van der Waals surface area contributed by atoms with E-state index in [9.17, 15) is 49.8 Å². The Morgan fingerprint density at radius 3 is 1.82 bits per heavy atom. The highest BCUT2D eigenvalue weighted by atomic mass is 16.7. The van der Waals surface area contributed by atoms with E-state index in [0.29, 0.717) is 11.8 Å². The van der Waals surface area contributed by atoms with Crippen LogP contribution in [0.1, 0.15) is 109 Å². The van der Waals surface area contributed by atoms with Gasteiger partial charge in [0.05, 0.1) is 59.8 Å². The van der Waals surface area contributed by atoms with Crippen LogP contribution in [0.3, 0.4) is 0 Å². The van der Waals surface area contributed by atoms with E-state index in [1.54, 1.807) is 53.7 Å². The Balaban J connectivity index is 0.991. The van der Waals surface area contributed by atoms with Gasteiger partial charge in [-0.3, -0.25) is 14.4 Å². The summed E-state index contributed by atoms with van der Waals surface area (Å²) in [6.07, 6.45) is -19.8. The van der Waals surface area contributed by atoms with Gasteiger partial charge in [-0.15, -0.1) is 0 Å². The number of aliphatic hydroxyl groups excluding tert-OH is 3. The lowest BCUT2D eigenvalue weighted by atomic mass is 9.76. The van der Waals surface area contributed by atoms with Crippen LogP contribution in [0.5, 0.6) is 17.2 Å². The third-order valence-electron chi connectivity index (χ3n) is 15.8. The summed E-state index contributed by atoms with van der Waals surface area (Å²) < 4.78 is 83.9. The number of ketones is 1. The van der Waals surface area contributed by atoms with Crippen LogP contribution in [0.4, 0.5) is 0 Å². The molecule has 5 heterocycles. The lowest BCUT2D eigenvalue weighted by Gasteiger charge is -2.46. The minimum absolute atomic E-state index is 0.0159. The van der Waals surface area contributed by atoms with Crippen molar-refractivity contribution in [3.8, 4) is 17.2 Å². The van der Waals surface area contributed by atoms with E-state index in [4.69, 9.17) is 66.3 Å². The van der Waals surface area contributed by atoms with Gasteiger partial charge in [-0.05, 0) is 78.0 Å². The minimum Gasteiger partial charge on any atom is -0.507 e. The van der Waals surface area contributed by atoms with Crippen molar-refractivity contribution in [3.63, 3.8) is 0 Å².